The molecule has 1 aromatic rings. The van der Waals surface area contributed by atoms with Crippen LogP contribution in [0.15, 0.2) is 29.4 Å². The van der Waals surface area contributed by atoms with Crippen LogP contribution in [0, 0.1) is 5.92 Å². The molecule has 1 aliphatic carbocycles. The van der Waals surface area contributed by atoms with Crippen molar-refractivity contribution in [2.45, 2.75) is 32.1 Å². The average molecular weight is 272 g/mol. The number of hydrogen-bond donors (Lipinski definition) is 1. The van der Waals surface area contributed by atoms with Crippen LogP contribution in [0.25, 0.3) is 0 Å². The first-order valence-corrected chi connectivity index (χ1v) is 6.84. The maximum absolute atomic E-state index is 12.0. The molecule has 0 saturated heterocycles. The standard InChI is InChI=1S/C15H16N2O3/c18-14-8-7-13(11-3-4-11)16-17(14)12-5-1-10(2-6-12)9-15(19)20/h1-2,5-6,11H,3-4,7-9H2,(H,19,20). The van der Waals surface area contributed by atoms with Crippen LogP contribution in [0.4, 0.5) is 5.69 Å². The van der Waals surface area contributed by atoms with E-state index in [1.807, 2.05) is 0 Å². The molecule has 104 valence electrons. The van der Waals surface area contributed by atoms with E-state index >= 15 is 0 Å². The van der Waals surface area contributed by atoms with Gasteiger partial charge < -0.3 is 5.11 Å². The first-order chi connectivity index (χ1) is 9.63. The number of benzene rings is 1. The molecule has 0 atom stereocenters. The van der Waals surface area contributed by atoms with Crippen LogP contribution in [-0.2, 0) is 16.0 Å². The van der Waals surface area contributed by atoms with Crippen LogP contribution in [0.3, 0.4) is 0 Å². The SMILES string of the molecule is O=C(O)Cc1ccc(N2N=C(C3CC3)CCC2=O)cc1. The van der Waals surface area contributed by atoms with Crippen LogP contribution in [0.5, 0.6) is 0 Å². The Hall–Kier alpha value is -2.17. The summed E-state index contributed by atoms with van der Waals surface area (Å²) in [6.07, 6.45) is 3.63. The number of carbonyl (C=O) groups is 2. The smallest absolute Gasteiger partial charge is 0.307 e. The van der Waals surface area contributed by atoms with Gasteiger partial charge in [-0.25, -0.2) is 5.01 Å². The fraction of sp³-hybridized carbons (Fsp3) is 0.400. The van der Waals surface area contributed by atoms with Crippen molar-refractivity contribution in [1.29, 1.82) is 0 Å². The van der Waals surface area contributed by atoms with Gasteiger partial charge in [0.25, 0.3) is 0 Å². The van der Waals surface area contributed by atoms with Gasteiger partial charge in [0.1, 0.15) is 0 Å². The minimum atomic E-state index is -0.860. The highest BCUT2D eigenvalue weighted by atomic mass is 16.4. The van der Waals surface area contributed by atoms with Crippen molar-refractivity contribution in [2.24, 2.45) is 11.0 Å². The number of carboxylic acids is 1. The third-order valence-corrected chi connectivity index (χ3v) is 3.64. The largest absolute Gasteiger partial charge is 0.481 e. The van der Waals surface area contributed by atoms with E-state index in [1.54, 1.807) is 24.3 Å². The first-order valence-electron chi connectivity index (χ1n) is 6.84. The Morgan fingerprint density at radius 3 is 2.55 bits per heavy atom. The van der Waals surface area contributed by atoms with Crippen molar-refractivity contribution < 1.29 is 14.7 Å². The molecule has 1 aromatic carbocycles. The van der Waals surface area contributed by atoms with Crippen LogP contribution in [0.2, 0.25) is 0 Å². The fourth-order valence-corrected chi connectivity index (χ4v) is 2.41. The summed E-state index contributed by atoms with van der Waals surface area (Å²) in [5.74, 6) is -0.293. The lowest BCUT2D eigenvalue weighted by atomic mass is 10.1. The van der Waals surface area contributed by atoms with Crippen LogP contribution >= 0.6 is 0 Å². The molecule has 1 fully saturated rings. The predicted octanol–water partition coefficient (Wildman–Crippen LogP) is 2.21. The molecule has 20 heavy (non-hydrogen) atoms. The quantitative estimate of drug-likeness (QED) is 0.913. The summed E-state index contributed by atoms with van der Waals surface area (Å²) in [6, 6.07) is 6.99. The molecule has 0 spiro atoms. The van der Waals surface area contributed by atoms with E-state index in [0.717, 1.165) is 17.7 Å². The zero-order valence-corrected chi connectivity index (χ0v) is 11.1. The van der Waals surface area contributed by atoms with Crippen LogP contribution < -0.4 is 5.01 Å². The van der Waals surface area contributed by atoms with Crippen molar-refractivity contribution in [3.05, 3.63) is 29.8 Å². The van der Waals surface area contributed by atoms with Gasteiger partial charge in [-0.1, -0.05) is 12.1 Å². The molecular weight excluding hydrogens is 256 g/mol. The molecule has 1 saturated carbocycles. The Labute approximate surface area is 116 Å². The number of hydrogen-bond acceptors (Lipinski definition) is 3. The second-order valence-electron chi connectivity index (χ2n) is 5.31. The highest BCUT2D eigenvalue weighted by Gasteiger charge is 2.32. The summed E-state index contributed by atoms with van der Waals surface area (Å²) in [6.45, 7) is 0. The Morgan fingerprint density at radius 2 is 1.95 bits per heavy atom. The zero-order valence-electron chi connectivity index (χ0n) is 11.1. The molecule has 1 amide bonds. The molecule has 2 aliphatic rings. The van der Waals surface area contributed by atoms with E-state index in [1.165, 1.54) is 17.9 Å². The zero-order chi connectivity index (χ0) is 14.1. The molecule has 1 N–H and O–H groups in total. The van der Waals surface area contributed by atoms with Gasteiger partial charge in [-0.2, -0.15) is 5.10 Å². The second kappa shape index (κ2) is 5.07. The second-order valence-corrected chi connectivity index (χ2v) is 5.31. The van der Waals surface area contributed by atoms with Crippen molar-refractivity contribution in [3.8, 4) is 0 Å². The number of hydrazone groups is 1. The molecule has 0 bridgehead atoms. The highest BCUT2D eigenvalue weighted by molar-refractivity contribution is 6.03. The number of carbonyl (C=O) groups excluding carboxylic acids is 1. The maximum atomic E-state index is 12.0. The van der Waals surface area contributed by atoms with E-state index in [-0.39, 0.29) is 12.3 Å². The summed E-state index contributed by atoms with van der Waals surface area (Å²) in [4.78, 5) is 22.6. The van der Waals surface area contributed by atoms with Gasteiger partial charge in [-0.15, -0.1) is 0 Å². The minimum Gasteiger partial charge on any atom is -0.481 e. The monoisotopic (exact) mass is 272 g/mol. The summed E-state index contributed by atoms with van der Waals surface area (Å²) < 4.78 is 0. The predicted molar refractivity (Wildman–Crippen MR) is 74.7 cm³/mol. The maximum Gasteiger partial charge on any atom is 0.307 e. The molecule has 0 unspecified atom stereocenters. The van der Waals surface area contributed by atoms with Gasteiger partial charge in [0.2, 0.25) is 5.91 Å². The Bertz CT molecular complexity index is 573. The molecule has 5 nitrogen and oxygen atoms in total. The van der Waals surface area contributed by atoms with Gasteiger partial charge in [0.15, 0.2) is 0 Å². The van der Waals surface area contributed by atoms with Crippen molar-refractivity contribution >= 4 is 23.3 Å². The van der Waals surface area contributed by atoms with Crippen molar-refractivity contribution in [1.82, 2.24) is 0 Å². The van der Waals surface area contributed by atoms with Gasteiger partial charge in [0.05, 0.1) is 12.1 Å². The van der Waals surface area contributed by atoms with Gasteiger partial charge in [-0.3, -0.25) is 9.59 Å². The number of amides is 1. The number of carboxylic acid groups (broad SMARTS) is 1. The van der Waals surface area contributed by atoms with E-state index in [4.69, 9.17) is 5.11 Å². The molecule has 1 heterocycles. The van der Waals surface area contributed by atoms with Gasteiger partial charge >= 0.3 is 5.97 Å². The molecule has 0 radical (unpaired) electrons. The van der Waals surface area contributed by atoms with E-state index in [2.05, 4.69) is 5.10 Å². The normalized spacial score (nSPS) is 18.9. The van der Waals surface area contributed by atoms with Gasteiger partial charge in [-0.05, 0) is 42.9 Å². The lowest BCUT2D eigenvalue weighted by Crippen LogP contribution is -2.32. The fourth-order valence-electron chi connectivity index (χ4n) is 2.41. The average Bonchev–Trinajstić information content (AvgIpc) is 3.24. The van der Waals surface area contributed by atoms with Crippen molar-refractivity contribution in [2.75, 3.05) is 5.01 Å². The Kier molecular flexibility index (Phi) is 3.26. The third kappa shape index (κ3) is 2.71. The Morgan fingerprint density at radius 1 is 1.25 bits per heavy atom. The molecule has 5 heteroatoms. The lowest BCUT2D eigenvalue weighted by Gasteiger charge is -2.23. The topological polar surface area (TPSA) is 70.0 Å². The van der Waals surface area contributed by atoms with Crippen LogP contribution in [-0.4, -0.2) is 22.7 Å². The molecule has 1 aliphatic heterocycles. The van der Waals surface area contributed by atoms with E-state index in [9.17, 15) is 9.59 Å². The summed E-state index contributed by atoms with van der Waals surface area (Å²) in [5, 5.41) is 14.7. The van der Waals surface area contributed by atoms with E-state index < -0.39 is 5.97 Å². The van der Waals surface area contributed by atoms with Crippen LogP contribution in [0.1, 0.15) is 31.2 Å². The molecule has 3 rings (SSSR count). The first kappa shape index (κ1) is 12.8. The number of rotatable bonds is 4. The number of anilines is 1. The van der Waals surface area contributed by atoms with Crippen molar-refractivity contribution in [3.63, 3.8) is 0 Å². The third-order valence-electron chi connectivity index (χ3n) is 3.64. The summed E-state index contributed by atoms with van der Waals surface area (Å²) in [7, 11) is 0. The summed E-state index contributed by atoms with van der Waals surface area (Å²) in [5.41, 5.74) is 2.55. The molecular formula is C15H16N2O3. The minimum absolute atomic E-state index is 0.000356. The van der Waals surface area contributed by atoms with E-state index in [0.29, 0.717) is 18.0 Å². The van der Waals surface area contributed by atoms with Gasteiger partial charge in [0, 0.05) is 12.1 Å². The molecule has 0 aromatic heterocycles. The highest BCUT2D eigenvalue weighted by Crippen LogP contribution is 2.34. The lowest BCUT2D eigenvalue weighted by molar-refractivity contribution is -0.136. The summed E-state index contributed by atoms with van der Waals surface area (Å²) >= 11 is 0. The number of aliphatic carboxylic acids is 1. The Balaban J connectivity index is 1.81. The number of nitrogens with zero attached hydrogens (tertiary/aromatic N) is 2.